The lowest BCUT2D eigenvalue weighted by atomic mass is 9.80. The van der Waals surface area contributed by atoms with Gasteiger partial charge in [-0.3, -0.25) is 5.32 Å². The maximum absolute atomic E-state index is 11.8. The highest BCUT2D eigenvalue weighted by Gasteiger charge is 2.39. The van der Waals surface area contributed by atoms with Crippen LogP contribution in [0.5, 0.6) is 0 Å². The molecule has 2 saturated heterocycles. The standard InChI is InChI=1S/C28H42N8O3/c1-16-9-11-18(12-10-16)15-36-22-23(29-17(2)19-5-3-6-19)30-25(26-33-28(37)39-34-26)31-24(22)32-27(36)35-13-14-38-21-8-4-7-20(21)35/h16-21,26,34H,3-15H2,1-2H3,(H,33,37)(H,29,30,31)/t16?,17-,18?,20?,21?,26?/m1/s1. The van der Waals surface area contributed by atoms with Gasteiger partial charge in [-0.1, -0.05) is 26.2 Å². The molecule has 11 nitrogen and oxygen atoms in total. The molecule has 4 heterocycles. The van der Waals surface area contributed by atoms with E-state index in [1.54, 1.807) is 0 Å². The first-order valence-corrected chi connectivity index (χ1v) is 15.2. The molecule has 11 heteroatoms. The van der Waals surface area contributed by atoms with Gasteiger partial charge in [-0.15, -0.1) is 5.48 Å². The number of carbonyl (C=O) groups excluding carboxylic acids is 1. The first kappa shape index (κ1) is 25.3. The number of carbonyl (C=O) groups is 1. The number of anilines is 2. The Balaban J connectivity index is 1.33. The number of ether oxygens (including phenoxy) is 1. The van der Waals surface area contributed by atoms with Gasteiger partial charge in [0.15, 0.2) is 23.5 Å². The lowest BCUT2D eigenvalue weighted by molar-refractivity contribution is 0.0247. The average Bonchev–Trinajstić information content (AvgIpc) is 3.63. The Bertz CT molecular complexity index is 1210. The molecule has 3 aliphatic carbocycles. The lowest BCUT2D eigenvalue weighted by Crippen LogP contribution is -2.49. The molecule has 0 radical (unpaired) electrons. The van der Waals surface area contributed by atoms with Crippen molar-refractivity contribution in [3.05, 3.63) is 5.82 Å². The molecule has 4 atom stereocenters. The molecule has 5 aliphatic rings. The number of aromatic nitrogens is 4. The highest BCUT2D eigenvalue weighted by atomic mass is 16.7. The van der Waals surface area contributed by atoms with Gasteiger partial charge < -0.3 is 24.4 Å². The number of hydrogen-bond donors (Lipinski definition) is 3. The van der Waals surface area contributed by atoms with E-state index in [1.165, 1.54) is 51.4 Å². The van der Waals surface area contributed by atoms with Gasteiger partial charge in [0.25, 0.3) is 0 Å². The number of nitrogens with zero attached hydrogens (tertiary/aromatic N) is 5. The number of rotatable bonds is 7. The van der Waals surface area contributed by atoms with Crippen molar-refractivity contribution in [1.82, 2.24) is 30.3 Å². The average molecular weight is 539 g/mol. The molecular weight excluding hydrogens is 496 g/mol. The summed E-state index contributed by atoms with van der Waals surface area (Å²) < 4.78 is 8.59. The van der Waals surface area contributed by atoms with Crippen LogP contribution in [0.15, 0.2) is 0 Å². The first-order valence-electron chi connectivity index (χ1n) is 15.2. The van der Waals surface area contributed by atoms with Crippen molar-refractivity contribution in [3.8, 4) is 0 Å². The van der Waals surface area contributed by atoms with E-state index in [9.17, 15) is 4.79 Å². The van der Waals surface area contributed by atoms with Crippen LogP contribution in [0.4, 0.5) is 16.6 Å². The van der Waals surface area contributed by atoms with Gasteiger partial charge in [-0.25, -0.2) is 14.8 Å². The van der Waals surface area contributed by atoms with Crippen molar-refractivity contribution >= 4 is 29.0 Å². The molecular formula is C28H42N8O3. The molecule has 5 fully saturated rings. The van der Waals surface area contributed by atoms with E-state index in [0.29, 0.717) is 29.3 Å². The quantitative estimate of drug-likeness (QED) is 0.475. The Morgan fingerprint density at radius 3 is 2.62 bits per heavy atom. The van der Waals surface area contributed by atoms with E-state index in [2.05, 4.69) is 39.4 Å². The van der Waals surface area contributed by atoms with Crippen molar-refractivity contribution in [1.29, 1.82) is 0 Å². The van der Waals surface area contributed by atoms with E-state index in [4.69, 9.17) is 24.5 Å². The van der Waals surface area contributed by atoms with Gasteiger partial charge in [-0.2, -0.15) is 4.98 Å². The third-order valence-corrected chi connectivity index (χ3v) is 9.93. The zero-order chi connectivity index (χ0) is 26.5. The zero-order valence-corrected chi connectivity index (χ0v) is 23.2. The molecule has 212 valence electrons. The Kier molecular flexibility index (Phi) is 6.74. The van der Waals surface area contributed by atoms with Crippen LogP contribution in [0.25, 0.3) is 11.2 Å². The van der Waals surface area contributed by atoms with Crippen LogP contribution < -0.4 is 21.0 Å². The molecule has 3 N–H and O–H groups in total. The maximum Gasteiger partial charge on any atom is 0.427 e. The van der Waals surface area contributed by atoms with Crippen molar-refractivity contribution in [3.63, 3.8) is 0 Å². The topological polar surface area (TPSA) is 118 Å². The van der Waals surface area contributed by atoms with Gasteiger partial charge >= 0.3 is 6.09 Å². The van der Waals surface area contributed by atoms with Gasteiger partial charge in [0, 0.05) is 19.1 Å². The van der Waals surface area contributed by atoms with E-state index in [0.717, 1.165) is 55.7 Å². The Morgan fingerprint density at radius 2 is 1.87 bits per heavy atom. The summed E-state index contributed by atoms with van der Waals surface area (Å²) >= 11 is 0. The molecule has 7 rings (SSSR count). The van der Waals surface area contributed by atoms with Crippen molar-refractivity contribution in [2.75, 3.05) is 23.4 Å². The number of imidazole rings is 1. The van der Waals surface area contributed by atoms with E-state index in [-0.39, 0.29) is 12.1 Å². The predicted octanol–water partition coefficient (Wildman–Crippen LogP) is 4.25. The summed E-state index contributed by atoms with van der Waals surface area (Å²) in [6, 6.07) is 0.639. The summed E-state index contributed by atoms with van der Waals surface area (Å²) in [5.41, 5.74) is 4.37. The van der Waals surface area contributed by atoms with Crippen molar-refractivity contribution < 1.29 is 14.4 Å². The van der Waals surface area contributed by atoms with Gasteiger partial charge in [0.2, 0.25) is 5.95 Å². The summed E-state index contributed by atoms with van der Waals surface area (Å²) in [7, 11) is 0. The highest BCUT2D eigenvalue weighted by molar-refractivity contribution is 5.86. The summed E-state index contributed by atoms with van der Waals surface area (Å²) in [5, 5.41) is 6.53. The molecule has 3 unspecified atom stereocenters. The molecule has 0 spiro atoms. The molecule has 0 bridgehead atoms. The molecule has 0 aromatic carbocycles. The lowest BCUT2D eigenvalue weighted by Gasteiger charge is -2.39. The van der Waals surface area contributed by atoms with Crippen LogP contribution in [-0.2, 0) is 16.1 Å². The first-order chi connectivity index (χ1) is 19.0. The fraction of sp³-hybridized carbons (Fsp3) is 0.786. The van der Waals surface area contributed by atoms with Gasteiger partial charge in [-0.05, 0) is 69.6 Å². The highest BCUT2D eigenvalue weighted by Crippen LogP contribution is 2.39. The molecule has 2 aliphatic heterocycles. The number of morpholine rings is 1. The summed E-state index contributed by atoms with van der Waals surface area (Å²) in [5.74, 6) is 4.31. The number of fused-ring (bicyclic) bond motifs is 2. The van der Waals surface area contributed by atoms with Gasteiger partial charge in [0.1, 0.15) is 5.52 Å². The van der Waals surface area contributed by atoms with Crippen molar-refractivity contribution in [2.24, 2.45) is 17.8 Å². The Labute approximate surface area is 229 Å². The van der Waals surface area contributed by atoms with Crippen LogP contribution in [0.1, 0.15) is 90.0 Å². The van der Waals surface area contributed by atoms with Crippen molar-refractivity contribution in [2.45, 2.75) is 109 Å². The minimum atomic E-state index is -0.613. The maximum atomic E-state index is 11.8. The van der Waals surface area contributed by atoms with E-state index < -0.39 is 12.3 Å². The Morgan fingerprint density at radius 1 is 1.05 bits per heavy atom. The second-order valence-corrected chi connectivity index (χ2v) is 12.6. The number of hydroxylamine groups is 1. The normalized spacial score (nSPS) is 32.0. The van der Waals surface area contributed by atoms with Gasteiger partial charge in [0.05, 0.1) is 18.8 Å². The molecule has 2 aromatic heterocycles. The summed E-state index contributed by atoms with van der Waals surface area (Å²) in [4.78, 5) is 34.4. The second-order valence-electron chi connectivity index (χ2n) is 12.6. The smallest absolute Gasteiger partial charge is 0.374 e. The fourth-order valence-corrected chi connectivity index (χ4v) is 7.29. The SMILES string of the molecule is CC1CCC(Cn2c(N3CCOC4CCCC43)nc3nc(C4NOC(=O)N4)nc(N[C@H](C)C4CCC4)c32)CC1. The number of nitrogens with one attached hydrogen (secondary N) is 3. The monoisotopic (exact) mass is 538 g/mol. The third kappa shape index (κ3) is 4.81. The molecule has 39 heavy (non-hydrogen) atoms. The second kappa shape index (κ2) is 10.4. The number of amides is 1. The molecule has 2 aromatic rings. The minimum Gasteiger partial charge on any atom is -0.374 e. The third-order valence-electron chi connectivity index (χ3n) is 9.93. The van der Waals surface area contributed by atoms with Crippen LogP contribution in [0.2, 0.25) is 0 Å². The van der Waals surface area contributed by atoms with Crippen LogP contribution in [0.3, 0.4) is 0 Å². The predicted molar refractivity (Wildman–Crippen MR) is 147 cm³/mol. The van der Waals surface area contributed by atoms with Crippen LogP contribution >= 0.6 is 0 Å². The van der Waals surface area contributed by atoms with E-state index in [1.807, 2.05) is 0 Å². The summed E-state index contributed by atoms with van der Waals surface area (Å²) in [6.07, 6.45) is 11.4. The zero-order valence-electron chi connectivity index (χ0n) is 23.2. The molecule has 1 amide bonds. The molecule has 3 saturated carbocycles. The van der Waals surface area contributed by atoms with E-state index >= 15 is 0 Å². The van der Waals surface area contributed by atoms with Crippen LogP contribution in [-0.4, -0.2) is 57.0 Å². The fourth-order valence-electron chi connectivity index (χ4n) is 7.29. The minimum absolute atomic E-state index is 0.274. The Hall–Kier alpha value is -2.66. The summed E-state index contributed by atoms with van der Waals surface area (Å²) in [6.45, 7) is 7.11. The van der Waals surface area contributed by atoms with Crippen LogP contribution in [0, 0.1) is 17.8 Å². The number of hydrogen-bond acceptors (Lipinski definition) is 9. The largest absolute Gasteiger partial charge is 0.427 e.